The summed E-state index contributed by atoms with van der Waals surface area (Å²) in [6.45, 7) is 1.98. The summed E-state index contributed by atoms with van der Waals surface area (Å²) < 4.78 is 3.53. The number of nitrogens with zero attached hydrogens (tertiary/aromatic N) is 5. The molecule has 3 heterocycles. The van der Waals surface area contributed by atoms with Crippen LogP contribution in [0.2, 0.25) is 0 Å². The third-order valence-corrected chi connectivity index (χ3v) is 5.59. The number of benzene rings is 1. The van der Waals surface area contributed by atoms with E-state index in [-0.39, 0.29) is 5.56 Å². The fourth-order valence-corrected chi connectivity index (χ4v) is 4.06. The predicted octanol–water partition coefficient (Wildman–Crippen LogP) is 3.22. The van der Waals surface area contributed by atoms with E-state index < -0.39 is 0 Å². The van der Waals surface area contributed by atoms with Crippen LogP contribution in [0.15, 0.2) is 29.1 Å². The van der Waals surface area contributed by atoms with Crippen LogP contribution in [0.1, 0.15) is 37.2 Å². The summed E-state index contributed by atoms with van der Waals surface area (Å²) in [5.74, 6) is 1.78. The van der Waals surface area contributed by atoms with E-state index in [0.29, 0.717) is 16.0 Å². The SMILES string of the molecule is CCc1cc(=O)n2nc(Nc3ccc4c(c3)nc(C3CC3)n4C)sc2n1. The smallest absolute Gasteiger partial charge is 0.275 e. The number of rotatable bonds is 4. The fourth-order valence-electron chi connectivity index (χ4n) is 3.21. The number of nitrogens with one attached hydrogen (secondary N) is 1. The van der Waals surface area contributed by atoms with Gasteiger partial charge in [0.15, 0.2) is 0 Å². The maximum Gasteiger partial charge on any atom is 0.275 e. The maximum atomic E-state index is 12.1. The zero-order chi connectivity index (χ0) is 17.8. The third kappa shape index (κ3) is 2.48. The zero-order valence-electron chi connectivity index (χ0n) is 14.6. The van der Waals surface area contributed by atoms with E-state index in [2.05, 4.69) is 33.1 Å². The number of imidazole rings is 1. The molecule has 7 nitrogen and oxygen atoms in total. The monoisotopic (exact) mass is 366 g/mol. The van der Waals surface area contributed by atoms with Crippen LogP contribution < -0.4 is 10.9 Å². The van der Waals surface area contributed by atoms with Gasteiger partial charge >= 0.3 is 0 Å². The van der Waals surface area contributed by atoms with Crippen molar-refractivity contribution in [3.8, 4) is 0 Å². The van der Waals surface area contributed by atoms with Gasteiger partial charge in [-0.3, -0.25) is 4.79 Å². The molecular formula is C18H18N6OS. The average molecular weight is 366 g/mol. The third-order valence-electron chi connectivity index (χ3n) is 4.77. The molecule has 3 aromatic heterocycles. The number of hydrogen-bond donors (Lipinski definition) is 1. The molecule has 0 unspecified atom stereocenters. The van der Waals surface area contributed by atoms with Crippen molar-refractivity contribution in [2.75, 3.05) is 5.32 Å². The van der Waals surface area contributed by atoms with Crippen LogP contribution in [0.5, 0.6) is 0 Å². The minimum absolute atomic E-state index is 0.148. The topological polar surface area (TPSA) is 77.1 Å². The van der Waals surface area contributed by atoms with Crippen molar-refractivity contribution in [3.05, 3.63) is 46.1 Å². The van der Waals surface area contributed by atoms with Crippen LogP contribution >= 0.6 is 11.3 Å². The highest BCUT2D eigenvalue weighted by Crippen LogP contribution is 2.40. The Bertz CT molecular complexity index is 1200. The molecule has 1 saturated carbocycles. The number of anilines is 2. The second-order valence-corrected chi connectivity index (χ2v) is 7.63. The van der Waals surface area contributed by atoms with Crippen LogP contribution in [0.3, 0.4) is 0 Å². The molecule has 4 aromatic rings. The Hall–Kier alpha value is -2.74. The predicted molar refractivity (Wildman–Crippen MR) is 102 cm³/mol. The van der Waals surface area contributed by atoms with Gasteiger partial charge in [0.05, 0.1) is 11.0 Å². The van der Waals surface area contributed by atoms with Crippen molar-refractivity contribution in [1.82, 2.24) is 24.1 Å². The molecule has 0 amide bonds. The Morgan fingerprint density at radius 3 is 2.88 bits per heavy atom. The summed E-state index contributed by atoms with van der Waals surface area (Å²) in [5.41, 5.74) is 3.65. The van der Waals surface area contributed by atoms with Gasteiger partial charge < -0.3 is 9.88 Å². The highest BCUT2D eigenvalue weighted by atomic mass is 32.1. The lowest BCUT2D eigenvalue weighted by molar-refractivity contribution is 0.820. The fraction of sp³-hybridized carbons (Fsp3) is 0.333. The summed E-state index contributed by atoms with van der Waals surface area (Å²) in [4.78, 5) is 22.0. The Morgan fingerprint density at radius 1 is 1.27 bits per heavy atom. The van der Waals surface area contributed by atoms with E-state index in [0.717, 1.165) is 28.8 Å². The molecule has 1 N–H and O–H groups in total. The number of aromatic nitrogens is 5. The maximum absolute atomic E-state index is 12.1. The van der Waals surface area contributed by atoms with Crippen molar-refractivity contribution in [3.63, 3.8) is 0 Å². The molecule has 8 heteroatoms. The Kier molecular flexibility index (Phi) is 3.36. The van der Waals surface area contributed by atoms with Crippen LogP contribution in [0.25, 0.3) is 16.0 Å². The number of aryl methyl sites for hydroxylation is 2. The molecule has 1 aliphatic rings. The first-order chi connectivity index (χ1) is 12.6. The lowest BCUT2D eigenvalue weighted by Gasteiger charge is -2.02. The minimum Gasteiger partial charge on any atom is -0.331 e. The van der Waals surface area contributed by atoms with Gasteiger partial charge in [-0.15, -0.1) is 5.10 Å². The number of fused-ring (bicyclic) bond motifs is 2. The van der Waals surface area contributed by atoms with E-state index in [9.17, 15) is 4.79 Å². The van der Waals surface area contributed by atoms with Crippen molar-refractivity contribution in [2.45, 2.75) is 32.1 Å². The van der Waals surface area contributed by atoms with Crippen LogP contribution in [-0.4, -0.2) is 24.1 Å². The second kappa shape index (κ2) is 5.63. The molecule has 0 bridgehead atoms. The first-order valence-corrected chi connectivity index (χ1v) is 9.57. The second-order valence-electron chi connectivity index (χ2n) is 6.67. The summed E-state index contributed by atoms with van der Waals surface area (Å²) in [6.07, 6.45) is 3.19. The molecule has 1 aliphatic carbocycles. The van der Waals surface area contributed by atoms with Crippen LogP contribution in [0, 0.1) is 0 Å². The van der Waals surface area contributed by atoms with Gasteiger partial charge in [-0.2, -0.15) is 4.52 Å². The van der Waals surface area contributed by atoms with Gasteiger partial charge in [-0.25, -0.2) is 9.97 Å². The molecular weight excluding hydrogens is 348 g/mol. The van der Waals surface area contributed by atoms with Gasteiger partial charge in [0.2, 0.25) is 10.1 Å². The summed E-state index contributed by atoms with van der Waals surface area (Å²) in [7, 11) is 2.08. The lowest BCUT2D eigenvalue weighted by Crippen LogP contribution is -2.15. The van der Waals surface area contributed by atoms with Gasteiger partial charge in [-0.05, 0) is 37.5 Å². The lowest BCUT2D eigenvalue weighted by atomic mass is 10.3. The summed E-state index contributed by atoms with van der Waals surface area (Å²) in [6, 6.07) is 7.65. The van der Waals surface area contributed by atoms with Crippen LogP contribution in [-0.2, 0) is 13.5 Å². The van der Waals surface area contributed by atoms with E-state index >= 15 is 0 Å². The van der Waals surface area contributed by atoms with E-state index in [1.54, 1.807) is 0 Å². The standard InChI is InChI=1S/C18H18N6OS/c1-3-11-9-15(25)24-18(20-11)26-17(22-24)19-12-6-7-14-13(8-12)21-16(23(14)2)10-4-5-10/h6-10H,3-5H2,1-2H3,(H,19,22). The highest BCUT2D eigenvalue weighted by Gasteiger charge is 2.28. The van der Waals surface area contributed by atoms with Gasteiger partial charge in [0, 0.05) is 30.4 Å². The molecule has 0 spiro atoms. The van der Waals surface area contributed by atoms with Crippen molar-refractivity contribution in [2.24, 2.45) is 7.05 Å². The van der Waals surface area contributed by atoms with Crippen molar-refractivity contribution < 1.29 is 0 Å². The molecule has 1 fully saturated rings. The first kappa shape index (κ1) is 15.5. The summed E-state index contributed by atoms with van der Waals surface area (Å²) >= 11 is 1.37. The Balaban J connectivity index is 1.51. The van der Waals surface area contributed by atoms with Crippen molar-refractivity contribution in [1.29, 1.82) is 0 Å². The quantitative estimate of drug-likeness (QED) is 0.600. The normalized spacial score (nSPS) is 14.4. The molecule has 0 aliphatic heterocycles. The molecule has 132 valence electrons. The van der Waals surface area contributed by atoms with E-state index in [4.69, 9.17) is 4.98 Å². The minimum atomic E-state index is -0.148. The highest BCUT2D eigenvalue weighted by molar-refractivity contribution is 7.20. The Morgan fingerprint density at radius 2 is 2.12 bits per heavy atom. The number of hydrogen-bond acceptors (Lipinski definition) is 6. The van der Waals surface area contributed by atoms with Gasteiger partial charge in [-0.1, -0.05) is 18.3 Å². The molecule has 26 heavy (non-hydrogen) atoms. The molecule has 0 radical (unpaired) electrons. The van der Waals surface area contributed by atoms with Crippen LogP contribution in [0.4, 0.5) is 10.8 Å². The van der Waals surface area contributed by atoms with Gasteiger partial charge in [0.1, 0.15) is 5.82 Å². The molecule has 1 aromatic carbocycles. The van der Waals surface area contributed by atoms with E-state index in [1.807, 2.05) is 19.1 Å². The molecule has 0 saturated heterocycles. The Labute approximate surface area is 153 Å². The average Bonchev–Trinajstić information content (AvgIpc) is 3.31. The van der Waals surface area contributed by atoms with Gasteiger partial charge in [0.25, 0.3) is 5.56 Å². The molecule has 0 atom stereocenters. The summed E-state index contributed by atoms with van der Waals surface area (Å²) in [5, 5.41) is 8.27. The zero-order valence-corrected chi connectivity index (χ0v) is 15.4. The molecule has 5 rings (SSSR count). The van der Waals surface area contributed by atoms with E-state index in [1.165, 1.54) is 40.6 Å². The largest absolute Gasteiger partial charge is 0.331 e. The van der Waals surface area contributed by atoms with Crippen molar-refractivity contribution >= 4 is 38.2 Å². The first-order valence-electron chi connectivity index (χ1n) is 8.75.